The maximum Gasteiger partial charge on any atom is 0.261 e. The van der Waals surface area contributed by atoms with Gasteiger partial charge >= 0.3 is 0 Å². The van der Waals surface area contributed by atoms with Crippen LogP contribution in [0.15, 0.2) is 48.8 Å². The van der Waals surface area contributed by atoms with Crippen molar-refractivity contribution >= 4 is 23.4 Å². The van der Waals surface area contributed by atoms with E-state index in [2.05, 4.69) is 10.3 Å². The second kappa shape index (κ2) is 7.75. The van der Waals surface area contributed by atoms with Crippen LogP contribution in [-0.4, -0.2) is 52.2 Å². The van der Waals surface area contributed by atoms with Gasteiger partial charge in [-0.3, -0.25) is 19.3 Å². The number of carbonyl (C=O) groups is 3. The zero-order valence-electron chi connectivity index (χ0n) is 15.9. The van der Waals surface area contributed by atoms with Gasteiger partial charge in [0.25, 0.3) is 11.8 Å². The molecule has 0 bridgehead atoms. The van der Waals surface area contributed by atoms with Crippen LogP contribution in [0.4, 0.5) is 0 Å². The Labute approximate surface area is 167 Å². The standard InChI is InChI=1S/C21H20N4O4/c1-29-17-7-4-11-24-13-14(23-19(17)24)8-10-22-18(26)9-12-25-20(27)15-5-2-3-6-16(15)21(25)28/h2-7,11,13H,8-10,12H2,1H3,(H,22,26). The Morgan fingerprint density at radius 2 is 1.83 bits per heavy atom. The van der Waals surface area contributed by atoms with Crippen molar-refractivity contribution in [3.05, 3.63) is 65.6 Å². The van der Waals surface area contributed by atoms with Crippen molar-refractivity contribution in [2.24, 2.45) is 0 Å². The number of imide groups is 1. The van der Waals surface area contributed by atoms with Gasteiger partial charge in [-0.2, -0.15) is 0 Å². The van der Waals surface area contributed by atoms with Gasteiger partial charge in [0.1, 0.15) is 0 Å². The average molecular weight is 392 g/mol. The SMILES string of the molecule is COc1cccn2cc(CCNC(=O)CCN3C(=O)c4ccccc4C3=O)nc12. The molecule has 0 spiro atoms. The highest BCUT2D eigenvalue weighted by Gasteiger charge is 2.34. The van der Waals surface area contributed by atoms with E-state index in [1.165, 1.54) is 0 Å². The molecular formula is C21H20N4O4. The number of carbonyl (C=O) groups excluding carboxylic acids is 3. The molecule has 1 aliphatic heterocycles. The number of rotatable bonds is 7. The number of nitrogens with zero attached hydrogens (tertiary/aromatic N) is 3. The van der Waals surface area contributed by atoms with Crippen molar-refractivity contribution < 1.29 is 19.1 Å². The maximum atomic E-state index is 12.3. The normalized spacial score (nSPS) is 13.1. The lowest BCUT2D eigenvalue weighted by molar-refractivity contribution is -0.121. The van der Waals surface area contributed by atoms with E-state index in [0.29, 0.717) is 29.8 Å². The molecule has 0 fully saturated rings. The van der Waals surface area contributed by atoms with Crippen molar-refractivity contribution in [2.45, 2.75) is 12.8 Å². The molecular weight excluding hydrogens is 372 g/mol. The van der Waals surface area contributed by atoms with E-state index in [9.17, 15) is 14.4 Å². The molecule has 148 valence electrons. The Hall–Kier alpha value is -3.68. The molecule has 1 N–H and O–H groups in total. The summed E-state index contributed by atoms with van der Waals surface area (Å²) in [6.07, 6.45) is 4.39. The Kier molecular flexibility index (Phi) is 4.99. The van der Waals surface area contributed by atoms with E-state index in [1.807, 2.05) is 28.9 Å². The molecule has 1 aliphatic rings. The minimum Gasteiger partial charge on any atom is -0.493 e. The second-order valence-corrected chi connectivity index (χ2v) is 6.70. The van der Waals surface area contributed by atoms with E-state index >= 15 is 0 Å². The number of hydrogen-bond donors (Lipinski definition) is 1. The molecule has 8 nitrogen and oxygen atoms in total. The predicted octanol–water partition coefficient (Wildman–Crippen LogP) is 1.69. The highest BCUT2D eigenvalue weighted by Crippen LogP contribution is 2.22. The van der Waals surface area contributed by atoms with Crippen LogP contribution in [0, 0.1) is 0 Å². The second-order valence-electron chi connectivity index (χ2n) is 6.70. The van der Waals surface area contributed by atoms with Crippen LogP contribution >= 0.6 is 0 Å². The zero-order chi connectivity index (χ0) is 20.4. The molecule has 0 radical (unpaired) electrons. The number of nitrogens with one attached hydrogen (secondary N) is 1. The third kappa shape index (κ3) is 3.56. The first-order valence-electron chi connectivity index (χ1n) is 9.31. The van der Waals surface area contributed by atoms with Crippen LogP contribution in [-0.2, 0) is 11.2 Å². The van der Waals surface area contributed by atoms with Crippen LogP contribution < -0.4 is 10.1 Å². The van der Waals surface area contributed by atoms with Gasteiger partial charge in [-0.25, -0.2) is 4.98 Å². The Morgan fingerprint density at radius 3 is 2.52 bits per heavy atom. The molecule has 3 amide bonds. The molecule has 0 atom stereocenters. The Balaban J connectivity index is 1.28. The lowest BCUT2D eigenvalue weighted by atomic mass is 10.1. The third-order valence-corrected chi connectivity index (χ3v) is 4.86. The topological polar surface area (TPSA) is 93.0 Å². The van der Waals surface area contributed by atoms with Gasteiger partial charge < -0.3 is 14.5 Å². The summed E-state index contributed by atoms with van der Waals surface area (Å²) in [6.45, 7) is 0.469. The number of hydrogen-bond acceptors (Lipinski definition) is 5. The molecule has 3 aromatic rings. The van der Waals surface area contributed by atoms with Gasteiger partial charge in [0.15, 0.2) is 11.4 Å². The smallest absolute Gasteiger partial charge is 0.261 e. The lowest BCUT2D eigenvalue weighted by Gasteiger charge is -2.13. The van der Waals surface area contributed by atoms with Crippen molar-refractivity contribution in [3.8, 4) is 5.75 Å². The first-order chi connectivity index (χ1) is 14.1. The molecule has 8 heteroatoms. The monoisotopic (exact) mass is 392 g/mol. The van der Waals surface area contributed by atoms with E-state index in [1.54, 1.807) is 31.4 Å². The van der Waals surface area contributed by atoms with Gasteiger partial charge in [-0.05, 0) is 24.3 Å². The van der Waals surface area contributed by atoms with Gasteiger partial charge in [0.2, 0.25) is 5.91 Å². The predicted molar refractivity (Wildman–Crippen MR) is 105 cm³/mol. The minimum atomic E-state index is -0.350. The van der Waals surface area contributed by atoms with Crippen molar-refractivity contribution in [3.63, 3.8) is 0 Å². The first kappa shape index (κ1) is 18.7. The Bertz CT molecular complexity index is 1070. The largest absolute Gasteiger partial charge is 0.493 e. The summed E-state index contributed by atoms with van der Waals surface area (Å²) < 4.78 is 7.17. The number of imidazole rings is 1. The maximum absolute atomic E-state index is 12.3. The summed E-state index contributed by atoms with van der Waals surface area (Å²) >= 11 is 0. The zero-order valence-corrected chi connectivity index (χ0v) is 15.9. The molecule has 0 aliphatic carbocycles. The van der Waals surface area contributed by atoms with Crippen LogP contribution in [0.3, 0.4) is 0 Å². The number of pyridine rings is 1. The average Bonchev–Trinajstić information content (AvgIpc) is 3.26. The summed E-state index contributed by atoms with van der Waals surface area (Å²) in [5, 5.41) is 2.81. The third-order valence-electron chi connectivity index (χ3n) is 4.86. The minimum absolute atomic E-state index is 0.0593. The summed E-state index contributed by atoms with van der Waals surface area (Å²) in [6, 6.07) is 10.4. The summed E-state index contributed by atoms with van der Waals surface area (Å²) in [5.41, 5.74) is 2.33. The molecule has 0 saturated carbocycles. The number of methoxy groups -OCH3 is 1. The van der Waals surface area contributed by atoms with Gasteiger partial charge in [0.05, 0.1) is 23.9 Å². The van der Waals surface area contributed by atoms with Crippen LogP contribution in [0.5, 0.6) is 5.75 Å². The van der Waals surface area contributed by atoms with Crippen LogP contribution in [0.2, 0.25) is 0 Å². The number of fused-ring (bicyclic) bond motifs is 2. The number of amides is 3. The molecule has 0 saturated heterocycles. The summed E-state index contributed by atoms with van der Waals surface area (Å²) in [4.78, 5) is 42.4. The van der Waals surface area contributed by atoms with Crippen LogP contribution in [0.25, 0.3) is 5.65 Å². The quantitative estimate of drug-likeness (QED) is 0.618. The van der Waals surface area contributed by atoms with Crippen molar-refractivity contribution in [1.29, 1.82) is 0 Å². The Morgan fingerprint density at radius 1 is 1.10 bits per heavy atom. The van der Waals surface area contributed by atoms with Crippen molar-refractivity contribution in [2.75, 3.05) is 20.2 Å². The fraction of sp³-hybridized carbons (Fsp3) is 0.238. The summed E-state index contributed by atoms with van der Waals surface area (Å²) in [5.74, 6) is -0.235. The van der Waals surface area contributed by atoms with Gasteiger partial charge in [-0.1, -0.05) is 12.1 Å². The van der Waals surface area contributed by atoms with Gasteiger partial charge in [0, 0.05) is 38.3 Å². The fourth-order valence-corrected chi connectivity index (χ4v) is 3.39. The molecule has 3 heterocycles. The number of ether oxygens (including phenoxy) is 1. The first-order valence-corrected chi connectivity index (χ1v) is 9.31. The molecule has 1 aromatic carbocycles. The molecule has 4 rings (SSSR count). The number of benzene rings is 1. The highest BCUT2D eigenvalue weighted by atomic mass is 16.5. The van der Waals surface area contributed by atoms with E-state index in [-0.39, 0.29) is 30.7 Å². The van der Waals surface area contributed by atoms with E-state index in [4.69, 9.17) is 4.74 Å². The molecule has 29 heavy (non-hydrogen) atoms. The van der Waals surface area contributed by atoms with Crippen LogP contribution in [0.1, 0.15) is 32.8 Å². The van der Waals surface area contributed by atoms with Crippen molar-refractivity contribution in [1.82, 2.24) is 19.6 Å². The molecule has 2 aromatic heterocycles. The van der Waals surface area contributed by atoms with E-state index in [0.717, 1.165) is 16.2 Å². The van der Waals surface area contributed by atoms with E-state index < -0.39 is 0 Å². The number of aromatic nitrogens is 2. The van der Waals surface area contributed by atoms with Gasteiger partial charge in [-0.15, -0.1) is 0 Å². The highest BCUT2D eigenvalue weighted by molar-refractivity contribution is 6.21. The lowest BCUT2D eigenvalue weighted by Crippen LogP contribution is -2.35. The molecule has 0 unspecified atom stereocenters. The fourth-order valence-electron chi connectivity index (χ4n) is 3.39. The summed E-state index contributed by atoms with van der Waals surface area (Å²) in [7, 11) is 1.60.